The topological polar surface area (TPSA) is 9.72 Å². The van der Waals surface area contributed by atoms with Gasteiger partial charge in [-0.1, -0.05) is 37.3 Å². The fraction of sp³-hybridized carbons (Fsp3) is 0.684. The molecule has 1 unspecified atom stereocenters. The van der Waals surface area contributed by atoms with Gasteiger partial charge in [0.15, 0.2) is 0 Å². The number of hydrogen-bond acceptors (Lipinski definition) is 3. The molecule has 1 aliphatic rings. The predicted molar refractivity (Wildman–Crippen MR) is 94.9 cm³/mol. The molecule has 0 amide bonds. The van der Waals surface area contributed by atoms with Crippen molar-refractivity contribution in [3.8, 4) is 0 Å². The summed E-state index contributed by atoms with van der Waals surface area (Å²) in [5.74, 6) is 0. The van der Waals surface area contributed by atoms with E-state index in [9.17, 15) is 0 Å². The fourth-order valence-corrected chi connectivity index (χ4v) is 3.41. The van der Waals surface area contributed by atoms with Crippen LogP contribution in [0.25, 0.3) is 0 Å². The van der Waals surface area contributed by atoms with Crippen LogP contribution in [0.5, 0.6) is 0 Å². The number of likely N-dealkylation sites (N-methyl/N-ethyl adjacent to an activating group) is 1. The second-order valence-electron chi connectivity index (χ2n) is 6.77. The molecule has 1 saturated heterocycles. The summed E-state index contributed by atoms with van der Waals surface area (Å²) in [6.45, 7) is 8.15. The molecule has 0 spiro atoms. The Bertz CT molecular complexity index is 402. The minimum Gasteiger partial charge on any atom is -0.308 e. The summed E-state index contributed by atoms with van der Waals surface area (Å²) in [5, 5.41) is 0. The maximum absolute atomic E-state index is 2.71. The Morgan fingerprint density at radius 3 is 2.55 bits per heavy atom. The molecule has 124 valence electrons. The molecule has 0 radical (unpaired) electrons. The quantitative estimate of drug-likeness (QED) is 0.730. The predicted octanol–water partition coefficient (Wildman–Crippen LogP) is 3.27. The van der Waals surface area contributed by atoms with Gasteiger partial charge in [-0.15, -0.1) is 0 Å². The summed E-state index contributed by atoms with van der Waals surface area (Å²) in [6.07, 6.45) is 5.93. The van der Waals surface area contributed by atoms with Gasteiger partial charge in [0.1, 0.15) is 0 Å². The van der Waals surface area contributed by atoms with Gasteiger partial charge in [0, 0.05) is 19.6 Å². The summed E-state index contributed by atoms with van der Waals surface area (Å²) < 4.78 is 0. The number of rotatable bonds is 8. The number of hydrogen-bond donors (Lipinski definition) is 0. The first-order valence-electron chi connectivity index (χ1n) is 8.87. The van der Waals surface area contributed by atoms with E-state index < -0.39 is 0 Å². The normalized spacial score (nSPS) is 20.0. The van der Waals surface area contributed by atoms with Crippen molar-refractivity contribution in [1.29, 1.82) is 0 Å². The second-order valence-corrected chi connectivity index (χ2v) is 6.77. The first-order valence-corrected chi connectivity index (χ1v) is 8.87. The van der Waals surface area contributed by atoms with Gasteiger partial charge in [-0.2, -0.15) is 0 Å². The van der Waals surface area contributed by atoms with Crippen LogP contribution in [-0.4, -0.2) is 61.1 Å². The first kappa shape index (κ1) is 17.5. The Kier molecular flexibility index (Phi) is 7.37. The molecule has 0 bridgehead atoms. The lowest BCUT2D eigenvalue weighted by Crippen LogP contribution is -2.52. The van der Waals surface area contributed by atoms with Crippen LogP contribution in [0.1, 0.15) is 38.2 Å². The lowest BCUT2D eigenvalue weighted by molar-refractivity contribution is 0.00518. The Balaban J connectivity index is 2.07. The van der Waals surface area contributed by atoms with E-state index in [-0.39, 0.29) is 0 Å². The molecule has 1 aromatic rings. The molecule has 1 atom stereocenters. The van der Waals surface area contributed by atoms with Crippen molar-refractivity contribution >= 4 is 0 Å². The van der Waals surface area contributed by atoms with Gasteiger partial charge in [0.05, 0.1) is 6.17 Å². The molecule has 1 aromatic carbocycles. The van der Waals surface area contributed by atoms with E-state index in [1.165, 1.54) is 44.3 Å². The van der Waals surface area contributed by atoms with Crippen molar-refractivity contribution in [1.82, 2.24) is 14.7 Å². The van der Waals surface area contributed by atoms with Gasteiger partial charge < -0.3 is 4.90 Å². The van der Waals surface area contributed by atoms with Gasteiger partial charge in [-0.05, 0) is 58.4 Å². The van der Waals surface area contributed by atoms with Crippen LogP contribution in [-0.2, 0) is 6.54 Å². The van der Waals surface area contributed by atoms with E-state index in [1.807, 2.05) is 0 Å². The van der Waals surface area contributed by atoms with Gasteiger partial charge >= 0.3 is 0 Å². The van der Waals surface area contributed by atoms with Crippen molar-refractivity contribution in [3.05, 3.63) is 35.9 Å². The van der Waals surface area contributed by atoms with Crippen LogP contribution in [0.15, 0.2) is 30.3 Å². The van der Waals surface area contributed by atoms with E-state index in [1.54, 1.807) is 0 Å². The zero-order valence-corrected chi connectivity index (χ0v) is 14.7. The summed E-state index contributed by atoms with van der Waals surface area (Å²) in [4.78, 5) is 7.71. The number of benzene rings is 1. The molecule has 3 nitrogen and oxygen atoms in total. The van der Waals surface area contributed by atoms with E-state index in [2.05, 4.69) is 66.1 Å². The highest BCUT2D eigenvalue weighted by Gasteiger charge is 2.27. The molecule has 0 aromatic heterocycles. The van der Waals surface area contributed by atoms with Gasteiger partial charge in [0.2, 0.25) is 0 Å². The van der Waals surface area contributed by atoms with E-state index in [4.69, 9.17) is 0 Å². The Labute approximate surface area is 136 Å². The van der Waals surface area contributed by atoms with Crippen LogP contribution in [0.3, 0.4) is 0 Å². The number of likely N-dealkylation sites (tertiary alicyclic amines) is 1. The lowest BCUT2D eigenvalue weighted by atomic mass is 10.1. The summed E-state index contributed by atoms with van der Waals surface area (Å²) in [6, 6.07) is 10.9. The van der Waals surface area contributed by atoms with E-state index in [0.29, 0.717) is 6.17 Å². The Hall–Kier alpha value is -0.900. The van der Waals surface area contributed by atoms with Crippen molar-refractivity contribution in [3.63, 3.8) is 0 Å². The van der Waals surface area contributed by atoms with Crippen LogP contribution in [0.2, 0.25) is 0 Å². The monoisotopic (exact) mass is 303 g/mol. The maximum atomic E-state index is 2.71. The van der Waals surface area contributed by atoms with E-state index >= 15 is 0 Å². The van der Waals surface area contributed by atoms with Gasteiger partial charge in [-0.3, -0.25) is 9.80 Å². The Morgan fingerprint density at radius 1 is 1.09 bits per heavy atom. The average molecular weight is 303 g/mol. The summed E-state index contributed by atoms with van der Waals surface area (Å²) >= 11 is 0. The standard InChI is InChI=1S/C19H33N3/c1-4-13-21-14-9-8-12-19(21)22(16-15-20(2)3)17-18-10-6-5-7-11-18/h5-7,10-11,19H,4,8-9,12-17H2,1-3H3. The van der Waals surface area contributed by atoms with Crippen molar-refractivity contribution in [2.45, 2.75) is 45.3 Å². The van der Waals surface area contributed by atoms with E-state index in [0.717, 1.165) is 19.6 Å². The average Bonchev–Trinajstić information content (AvgIpc) is 2.53. The molecule has 0 aliphatic carbocycles. The smallest absolute Gasteiger partial charge is 0.0625 e. The third-order valence-electron chi connectivity index (χ3n) is 4.57. The third kappa shape index (κ3) is 5.38. The molecule has 0 saturated carbocycles. The summed E-state index contributed by atoms with van der Waals surface area (Å²) in [5.41, 5.74) is 1.43. The SMILES string of the molecule is CCCN1CCCCC1N(CCN(C)C)Cc1ccccc1. The largest absolute Gasteiger partial charge is 0.308 e. The van der Waals surface area contributed by atoms with Crippen molar-refractivity contribution in [2.75, 3.05) is 40.3 Å². The Morgan fingerprint density at radius 2 is 1.86 bits per heavy atom. The second kappa shape index (κ2) is 9.29. The molecule has 2 rings (SSSR count). The van der Waals surface area contributed by atoms with Crippen LogP contribution < -0.4 is 0 Å². The molecule has 1 fully saturated rings. The highest BCUT2D eigenvalue weighted by Crippen LogP contribution is 2.22. The van der Waals surface area contributed by atoms with Crippen LogP contribution in [0, 0.1) is 0 Å². The van der Waals surface area contributed by atoms with Crippen LogP contribution in [0.4, 0.5) is 0 Å². The lowest BCUT2D eigenvalue weighted by Gasteiger charge is -2.43. The third-order valence-corrected chi connectivity index (χ3v) is 4.57. The minimum atomic E-state index is 0.619. The molecule has 0 N–H and O–H groups in total. The molecule has 22 heavy (non-hydrogen) atoms. The molecule has 1 aliphatic heterocycles. The molecule has 1 heterocycles. The molecular weight excluding hydrogens is 270 g/mol. The fourth-order valence-electron chi connectivity index (χ4n) is 3.41. The highest BCUT2D eigenvalue weighted by molar-refractivity contribution is 5.14. The minimum absolute atomic E-state index is 0.619. The first-order chi connectivity index (χ1) is 10.7. The van der Waals surface area contributed by atoms with Crippen LogP contribution >= 0.6 is 0 Å². The number of nitrogens with zero attached hydrogens (tertiary/aromatic N) is 3. The highest BCUT2D eigenvalue weighted by atomic mass is 15.4. The molecule has 3 heteroatoms. The van der Waals surface area contributed by atoms with Gasteiger partial charge in [-0.25, -0.2) is 0 Å². The number of piperidine rings is 1. The molecular formula is C19H33N3. The maximum Gasteiger partial charge on any atom is 0.0625 e. The van der Waals surface area contributed by atoms with Crippen molar-refractivity contribution in [2.24, 2.45) is 0 Å². The zero-order valence-electron chi connectivity index (χ0n) is 14.7. The van der Waals surface area contributed by atoms with Gasteiger partial charge in [0.25, 0.3) is 0 Å². The summed E-state index contributed by atoms with van der Waals surface area (Å²) in [7, 11) is 4.34. The van der Waals surface area contributed by atoms with Crippen molar-refractivity contribution < 1.29 is 0 Å². The zero-order chi connectivity index (χ0) is 15.8.